The molecule has 4 rings (SSSR count). The van der Waals surface area contributed by atoms with E-state index in [2.05, 4.69) is 34.7 Å². The summed E-state index contributed by atoms with van der Waals surface area (Å²) in [5, 5.41) is 6.11. The number of hydrogen-bond donors (Lipinski definition) is 0. The Morgan fingerprint density at radius 2 is 1.88 bits per heavy atom. The molecule has 0 spiro atoms. The van der Waals surface area contributed by atoms with Crippen LogP contribution in [0, 0.1) is 13.8 Å². The summed E-state index contributed by atoms with van der Waals surface area (Å²) in [4.78, 5) is 7.92. The second-order valence-corrected chi connectivity index (χ2v) is 7.76. The number of benzene rings is 1. The first kappa shape index (κ1) is 16.8. The van der Waals surface area contributed by atoms with E-state index in [1.807, 2.05) is 33.2 Å². The van der Waals surface area contributed by atoms with Crippen molar-refractivity contribution in [1.29, 1.82) is 0 Å². The molecule has 4 aromatic rings. The zero-order chi connectivity index (χ0) is 18.4. The van der Waals surface area contributed by atoms with Crippen LogP contribution in [0.1, 0.15) is 16.8 Å². The van der Waals surface area contributed by atoms with Gasteiger partial charge in [-0.15, -0.1) is 11.3 Å². The van der Waals surface area contributed by atoms with Gasteiger partial charge >= 0.3 is 0 Å². The van der Waals surface area contributed by atoms with Gasteiger partial charge in [0.25, 0.3) is 0 Å². The molecule has 0 unspecified atom stereocenters. The average molecular weight is 366 g/mol. The Bertz CT molecular complexity index is 1090. The molecule has 0 fully saturated rings. The van der Waals surface area contributed by atoms with Crippen LogP contribution >= 0.6 is 11.3 Å². The molecule has 0 N–H and O–H groups in total. The first-order chi connectivity index (χ1) is 12.5. The number of anilines is 1. The van der Waals surface area contributed by atoms with Crippen LogP contribution in [0.4, 0.5) is 5.82 Å². The molecule has 6 heteroatoms. The number of ether oxygens (including phenoxy) is 1. The number of fused-ring (bicyclic) bond motifs is 3. The monoisotopic (exact) mass is 366 g/mol. The molecule has 134 valence electrons. The minimum absolute atomic E-state index is 0.716. The number of rotatable bonds is 4. The Balaban J connectivity index is 1.92. The molecule has 5 nitrogen and oxygen atoms in total. The molecule has 0 atom stereocenters. The van der Waals surface area contributed by atoms with E-state index in [0.717, 1.165) is 22.1 Å². The highest BCUT2D eigenvalue weighted by Crippen LogP contribution is 2.40. The minimum Gasteiger partial charge on any atom is -0.497 e. The van der Waals surface area contributed by atoms with Crippen molar-refractivity contribution in [3.8, 4) is 5.75 Å². The van der Waals surface area contributed by atoms with Crippen LogP contribution in [0.15, 0.2) is 30.3 Å². The fourth-order valence-electron chi connectivity index (χ4n) is 3.34. The maximum absolute atomic E-state index is 5.26. The highest BCUT2D eigenvalue weighted by molar-refractivity contribution is 7.26. The normalized spacial score (nSPS) is 11.4. The topological polar surface area (TPSA) is 43.2 Å². The number of aromatic nitrogens is 3. The lowest BCUT2D eigenvalue weighted by atomic mass is 10.1. The summed E-state index contributed by atoms with van der Waals surface area (Å²) in [7, 11) is 5.76. The van der Waals surface area contributed by atoms with Crippen LogP contribution in [0.5, 0.6) is 5.75 Å². The summed E-state index contributed by atoms with van der Waals surface area (Å²) < 4.78 is 8.56. The molecule has 0 radical (unpaired) electrons. The van der Waals surface area contributed by atoms with Gasteiger partial charge in [-0.3, -0.25) is 4.68 Å². The van der Waals surface area contributed by atoms with Crippen LogP contribution in [0.3, 0.4) is 0 Å². The quantitative estimate of drug-likeness (QED) is 0.537. The molecule has 0 bridgehead atoms. The molecule has 0 saturated carbocycles. The predicted octanol–water partition coefficient (Wildman–Crippen LogP) is 4.39. The van der Waals surface area contributed by atoms with Crippen molar-refractivity contribution in [2.45, 2.75) is 20.4 Å². The molecule has 0 aliphatic rings. The first-order valence-corrected chi connectivity index (χ1v) is 9.37. The summed E-state index contributed by atoms with van der Waals surface area (Å²) in [6, 6.07) is 10.3. The summed E-state index contributed by atoms with van der Waals surface area (Å²) in [6.07, 6.45) is 0. The SMILES string of the molecule is COc1ccc(Cn2nc(N(C)C)c3sc4nc(C)cc(C)c4c32)cc1. The number of thiophene rings is 1. The Morgan fingerprint density at radius 1 is 1.15 bits per heavy atom. The van der Waals surface area contributed by atoms with E-state index < -0.39 is 0 Å². The molecule has 0 saturated heterocycles. The van der Waals surface area contributed by atoms with Gasteiger partial charge in [0.1, 0.15) is 10.6 Å². The van der Waals surface area contributed by atoms with E-state index in [-0.39, 0.29) is 0 Å². The van der Waals surface area contributed by atoms with Crippen molar-refractivity contribution in [3.05, 3.63) is 47.2 Å². The average Bonchev–Trinajstić information content (AvgIpc) is 3.13. The zero-order valence-electron chi connectivity index (χ0n) is 15.7. The second-order valence-electron chi connectivity index (χ2n) is 6.76. The van der Waals surface area contributed by atoms with Crippen molar-refractivity contribution in [2.24, 2.45) is 0 Å². The molecule has 3 aromatic heterocycles. The minimum atomic E-state index is 0.716. The Kier molecular flexibility index (Phi) is 4.07. The van der Waals surface area contributed by atoms with Crippen molar-refractivity contribution in [1.82, 2.24) is 14.8 Å². The number of nitrogens with zero attached hydrogens (tertiary/aromatic N) is 4. The van der Waals surface area contributed by atoms with E-state index in [0.29, 0.717) is 6.54 Å². The van der Waals surface area contributed by atoms with Gasteiger partial charge < -0.3 is 9.64 Å². The lowest BCUT2D eigenvalue weighted by Gasteiger charge is -2.09. The predicted molar refractivity (Wildman–Crippen MR) is 109 cm³/mol. The van der Waals surface area contributed by atoms with Gasteiger partial charge in [-0.25, -0.2) is 4.98 Å². The number of hydrogen-bond acceptors (Lipinski definition) is 5. The Morgan fingerprint density at radius 3 is 2.54 bits per heavy atom. The van der Waals surface area contributed by atoms with Crippen molar-refractivity contribution >= 4 is 37.6 Å². The molecular formula is C20H22N4OS. The van der Waals surface area contributed by atoms with E-state index in [1.54, 1.807) is 18.4 Å². The number of pyridine rings is 1. The third kappa shape index (κ3) is 2.70. The van der Waals surface area contributed by atoms with E-state index in [1.165, 1.54) is 26.7 Å². The van der Waals surface area contributed by atoms with Crippen LogP contribution in [-0.4, -0.2) is 36.0 Å². The van der Waals surface area contributed by atoms with Crippen LogP contribution < -0.4 is 9.64 Å². The summed E-state index contributed by atoms with van der Waals surface area (Å²) in [5.74, 6) is 1.86. The van der Waals surface area contributed by atoms with Gasteiger partial charge in [0.15, 0.2) is 5.82 Å². The van der Waals surface area contributed by atoms with Crippen LogP contribution in [-0.2, 0) is 6.54 Å². The van der Waals surface area contributed by atoms with Crippen molar-refractivity contribution in [3.63, 3.8) is 0 Å². The summed E-state index contributed by atoms with van der Waals surface area (Å²) >= 11 is 1.73. The second kappa shape index (κ2) is 6.29. The van der Waals surface area contributed by atoms with Gasteiger partial charge in [0, 0.05) is 25.2 Å². The Hall–Kier alpha value is -2.60. The Labute approximate surface area is 156 Å². The summed E-state index contributed by atoms with van der Waals surface area (Å²) in [5.41, 5.74) is 4.67. The third-order valence-electron chi connectivity index (χ3n) is 4.55. The molecule has 26 heavy (non-hydrogen) atoms. The van der Waals surface area contributed by atoms with Crippen LogP contribution in [0.25, 0.3) is 20.4 Å². The van der Waals surface area contributed by atoms with Gasteiger partial charge in [-0.2, -0.15) is 5.10 Å². The molecular weight excluding hydrogens is 344 g/mol. The van der Waals surface area contributed by atoms with E-state index >= 15 is 0 Å². The maximum Gasteiger partial charge on any atom is 0.168 e. The van der Waals surface area contributed by atoms with Crippen molar-refractivity contribution < 1.29 is 4.74 Å². The highest BCUT2D eigenvalue weighted by atomic mass is 32.1. The number of methoxy groups -OCH3 is 1. The number of aryl methyl sites for hydroxylation is 2. The van der Waals surface area contributed by atoms with Gasteiger partial charge in [0.2, 0.25) is 0 Å². The smallest absolute Gasteiger partial charge is 0.168 e. The lowest BCUT2D eigenvalue weighted by molar-refractivity contribution is 0.414. The maximum atomic E-state index is 5.26. The molecule has 0 amide bonds. The lowest BCUT2D eigenvalue weighted by Crippen LogP contribution is -2.11. The highest BCUT2D eigenvalue weighted by Gasteiger charge is 2.20. The van der Waals surface area contributed by atoms with Gasteiger partial charge in [-0.1, -0.05) is 12.1 Å². The van der Waals surface area contributed by atoms with Crippen molar-refractivity contribution in [2.75, 3.05) is 26.1 Å². The van der Waals surface area contributed by atoms with Crippen LogP contribution in [0.2, 0.25) is 0 Å². The molecule has 0 aliphatic carbocycles. The van der Waals surface area contributed by atoms with Gasteiger partial charge in [0.05, 0.1) is 23.9 Å². The molecule has 1 aromatic carbocycles. The largest absolute Gasteiger partial charge is 0.497 e. The van der Waals surface area contributed by atoms with Gasteiger partial charge in [-0.05, 0) is 43.2 Å². The summed E-state index contributed by atoms with van der Waals surface area (Å²) in [6.45, 7) is 4.92. The molecule has 3 heterocycles. The van der Waals surface area contributed by atoms with E-state index in [9.17, 15) is 0 Å². The standard InChI is InChI=1S/C20H22N4OS/c1-12-10-13(2)21-20-16(12)17-18(26-20)19(23(3)4)22-24(17)11-14-6-8-15(25-5)9-7-14/h6-10H,11H2,1-5H3. The third-order valence-corrected chi connectivity index (χ3v) is 5.62. The fourth-order valence-corrected chi connectivity index (χ4v) is 4.70. The first-order valence-electron chi connectivity index (χ1n) is 8.55. The van der Waals surface area contributed by atoms with E-state index in [4.69, 9.17) is 14.8 Å². The zero-order valence-corrected chi connectivity index (χ0v) is 16.5. The fraction of sp³-hybridized carbons (Fsp3) is 0.300. The molecule has 0 aliphatic heterocycles.